The molecule has 0 spiro atoms. The molecule has 2 atom stereocenters. The summed E-state index contributed by atoms with van der Waals surface area (Å²) in [5.41, 5.74) is -0.897. The third-order valence-electron chi connectivity index (χ3n) is 3.40. The second-order valence-electron chi connectivity index (χ2n) is 4.64. The molecule has 0 aliphatic carbocycles. The number of carboxylic acids is 1. The van der Waals surface area contributed by atoms with Crippen LogP contribution in [0.5, 0.6) is 0 Å². The van der Waals surface area contributed by atoms with Gasteiger partial charge in [0.05, 0.1) is 4.91 Å². The average Bonchev–Trinajstić information content (AvgIpc) is 2.41. The van der Waals surface area contributed by atoms with Crippen molar-refractivity contribution in [3.8, 4) is 0 Å². The minimum Gasteiger partial charge on any atom is -0.477 e. The SMILES string of the molecule is C=C1C(COC(C)=O)=C(C(=O)O)N2C(=O)[C@H](OC)C2S1(=O)=O. The van der Waals surface area contributed by atoms with Gasteiger partial charge in [-0.05, 0) is 0 Å². The molecule has 1 unspecified atom stereocenters. The van der Waals surface area contributed by atoms with E-state index in [9.17, 15) is 27.9 Å². The lowest BCUT2D eigenvalue weighted by atomic mass is 10.0. The number of aliphatic carboxylic acids is 1. The van der Waals surface area contributed by atoms with Crippen molar-refractivity contribution in [2.75, 3.05) is 13.7 Å². The monoisotopic (exact) mass is 331 g/mol. The summed E-state index contributed by atoms with van der Waals surface area (Å²) in [6, 6.07) is 0. The number of nitrogens with zero attached hydrogens (tertiary/aromatic N) is 1. The molecule has 2 rings (SSSR count). The van der Waals surface area contributed by atoms with Crippen LogP contribution in [0.3, 0.4) is 0 Å². The van der Waals surface area contributed by atoms with Crippen LogP contribution < -0.4 is 0 Å². The van der Waals surface area contributed by atoms with E-state index in [1.54, 1.807) is 0 Å². The van der Waals surface area contributed by atoms with Crippen LogP contribution in [-0.4, -0.2) is 61.5 Å². The number of hydrogen-bond donors (Lipinski definition) is 1. The zero-order chi connectivity index (χ0) is 16.8. The van der Waals surface area contributed by atoms with Crippen molar-refractivity contribution in [3.05, 3.63) is 22.8 Å². The summed E-state index contributed by atoms with van der Waals surface area (Å²) < 4.78 is 34.2. The van der Waals surface area contributed by atoms with E-state index in [-0.39, 0.29) is 5.57 Å². The Balaban J connectivity index is 2.59. The molecule has 22 heavy (non-hydrogen) atoms. The fourth-order valence-corrected chi connectivity index (χ4v) is 4.17. The van der Waals surface area contributed by atoms with Crippen molar-refractivity contribution in [3.63, 3.8) is 0 Å². The number of amides is 1. The lowest BCUT2D eigenvalue weighted by Gasteiger charge is -2.48. The van der Waals surface area contributed by atoms with E-state index in [0.717, 1.165) is 14.0 Å². The molecule has 2 aliphatic rings. The summed E-state index contributed by atoms with van der Waals surface area (Å²) in [5.74, 6) is -3.04. The van der Waals surface area contributed by atoms with Crippen LogP contribution in [0.4, 0.5) is 0 Å². The molecule has 1 saturated heterocycles. The number of esters is 1. The molecule has 1 fully saturated rings. The second kappa shape index (κ2) is 5.21. The van der Waals surface area contributed by atoms with Crippen LogP contribution in [0.25, 0.3) is 0 Å². The Morgan fingerprint density at radius 1 is 1.41 bits per heavy atom. The van der Waals surface area contributed by atoms with Crippen LogP contribution in [0.2, 0.25) is 0 Å². The Morgan fingerprint density at radius 3 is 2.45 bits per heavy atom. The van der Waals surface area contributed by atoms with Gasteiger partial charge in [0.1, 0.15) is 12.3 Å². The quantitative estimate of drug-likeness (QED) is 0.514. The summed E-state index contributed by atoms with van der Waals surface area (Å²) in [6.07, 6.45) is -1.29. The third kappa shape index (κ3) is 2.11. The second-order valence-corrected chi connectivity index (χ2v) is 6.70. The first-order valence-electron chi connectivity index (χ1n) is 6.03. The highest BCUT2D eigenvalue weighted by Crippen LogP contribution is 2.42. The molecule has 1 N–H and O–H groups in total. The maximum atomic E-state index is 12.4. The van der Waals surface area contributed by atoms with Gasteiger partial charge < -0.3 is 14.6 Å². The summed E-state index contributed by atoms with van der Waals surface area (Å²) in [7, 11) is -2.94. The number of carboxylic acid groups (broad SMARTS) is 1. The first-order valence-corrected chi connectivity index (χ1v) is 7.58. The largest absolute Gasteiger partial charge is 0.477 e. The molecule has 0 bridgehead atoms. The van der Waals surface area contributed by atoms with Crippen LogP contribution in [0.1, 0.15) is 6.92 Å². The molecule has 2 aliphatic heterocycles. The molecule has 0 radical (unpaired) electrons. The number of methoxy groups -OCH3 is 1. The van der Waals surface area contributed by atoms with E-state index in [0.29, 0.717) is 4.90 Å². The Kier molecular flexibility index (Phi) is 3.83. The summed E-state index contributed by atoms with van der Waals surface area (Å²) in [5, 5.41) is 7.82. The van der Waals surface area contributed by atoms with Crippen LogP contribution >= 0.6 is 0 Å². The van der Waals surface area contributed by atoms with Gasteiger partial charge in [-0.1, -0.05) is 6.58 Å². The lowest BCUT2D eigenvalue weighted by Crippen LogP contribution is -2.70. The summed E-state index contributed by atoms with van der Waals surface area (Å²) in [6.45, 7) is 3.85. The molecule has 0 aromatic carbocycles. The van der Waals surface area contributed by atoms with Gasteiger partial charge in [-0.15, -0.1) is 0 Å². The normalized spacial score (nSPS) is 26.4. The smallest absolute Gasteiger partial charge is 0.353 e. The fourth-order valence-electron chi connectivity index (χ4n) is 2.34. The molecule has 9 nitrogen and oxygen atoms in total. The van der Waals surface area contributed by atoms with Crippen LogP contribution in [0.15, 0.2) is 22.8 Å². The topological polar surface area (TPSA) is 127 Å². The number of carbonyl (C=O) groups is 3. The summed E-state index contributed by atoms with van der Waals surface area (Å²) >= 11 is 0. The van der Waals surface area contributed by atoms with Crippen molar-refractivity contribution in [2.45, 2.75) is 18.4 Å². The Labute approximate surface area is 125 Å². The highest BCUT2D eigenvalue weighted by atomic mass is 32.2. The predicted octanol–water partition coefficient (Wildman–Crippen LogP) is -0.986. The maximum Gasteiger partial charge on any atom is 0.353 e. The fraction of sp³-hybridized carbons (Fsp3) is 0.417. The molecule has 0 aromatic rings. The first kappa shape index (κ1) is 16.2. The molecule has 1 amide bonds. The van der Waals surface area contributed by atoms with Crippen LogP contribution in [-0.2, 0) is 33.7 Å². The highest BCUT2D eigenvalue weighted by Gasteiger charge is 2.61. The Hall–Kier alpha value is -2.20. The Morgan fingerprint density at radius 2 is 2.00 bits per heavy atom. The third-order valence-corrected chi connectivity index (χ3v) is 5.42. The minimum absolute atomic E-state index is 0.332. The van der Waals surface area contributed by atoms with Gasteiger partial charge in [0.25, 0.3) is 5.91 Å². The Bertz CT molecular complexity index is 719. The molecule has 2 heterocycles. The van der Waals surface area contributed by atoms with Gasteiger partial charge in [-0.3, -0.25) is 14.5 Å². The van der Waals surface area contributed by atoms with E-state index in [2.05, 4.69) is 11.3 Å². The molecular formula is C12H13NO8S. The van der Waals surface area contributed by atoms with Gasteiger partial charge in [-0.25, -0.2) is 13.2 Å². The van der Waals surface area contributed by atoms with Gasteiger partial charge in [-0.2, -0.15) is 0 Å². The molecule has 10 heteroatoms. The number of ether oxygens (including phenoxy) is 2. The van der Waals surface area contributed by atoms with E-state index >= 15 is 0 Å². The molecule has 0 aromatic heterocycles. The van der Waals surface area contributed by atoms with Gasteiger partial charge in [0, 0.05) is 19.6 Å². The average molecular weight is 331 g/mol. The first-order chi connectivity index (χ1) is 10.1. The van der Waals surface area contributed by atoms with Crippen LogP contribution in [0, 0.1) is 0 Å². The van der Waals surface area contributed by atoms with Crippen molar-refractivity contribution in [2.24, 2.45) is 0 Å². The van der Waals surface area contributed by atoms with Gasteiger partial charge >= 0.3 is 11.9 Å². The zero-order valence-corrected chi connectivity index (χ0v) is 12.5. The van der Waals surface area contributed by atoms with Crippen molar-refractivity contribution in [1.29, 1.82) is 0 Å². The highest BCUT2D eigenvalue weighted by molar-refractivity contribution is 7.96. The van der Waals surface area contributed by atoms with E-state index in [1.165, 1.54) is 0 Å². The van der Waals surface area contributed by atoms with Crippen molar-refractivity contribution in [1.82, 2.24) is 4.90 Å². The minimum atomic E-state index is -4.09. The van der Waals surface area contributed by atoms with E-state index < -0.39 is 56.4 Å². The number of β-lactam (4-membered cyclic amide) rings is 1. The van der Waals surface area contributed by atoms with Gasteiger partial charge in [0.2, 0.25) is 9.84 Å². The molecule has 0 saturated carbocycles. The van der Waals surface area contributed by atoms with E-state index in [4.69, 9.17) is 4.74 Å². The maximum absolute atomic E-state index is 12.4. The number of rotatable bonds is 4. The summed E-state index contributed by atoms with van der Waals surface area (Å²) in [4.78, 5) is 34.4. The number of sulfone groups is 1. The van der Waals surface area contributed by atoms with Crippen molar-refractivity contribution < 1.29 is 37.4 Å². The number of hydrogen-bond acceptors (Lipinski definition) is 7. The number of fused-ring (bicyclic) bond motifs is 1. The van der Waals surface area contributed by atoms with E-state index in [1.807, 2.05) is 0 Å². The molecular weight excluding hydrogens is 318 g/mol. The predicted molar refractivity (Wildman–Crippen MR) is 70.8 cm³/mol. The van der Waals surface area contributed by atoms with Crippen molar-refractivity contribution >= 4 is 27.7 Å². The molecule has 120 valence electrons. The zero-order valence-electron chi connectivity index (χ0n) is 11.7. The number of carbonyl (C=O) groups excluding carboxylic acids is 2. The lowest BCUT2D eigenvalue weighted by molar-refractivity contribution is -0.162. The van der Waals surface area contributed by atoms with Gasteiger partial charge in [0.15, 0.2) is 11.5 Å². The standard InChI is InChI=1S/C12H13NO8S/c1-5-7(4-21-6(2)14)8(12(16)17)13-10(15)9(20-3)11(13)22(5,18)19/h9,11H,1,4H2,2-3H3,(H,16,17)/t9-,11?/m0/s1.